The van der Waals surface area contributed by atoms with Crippen molar-refractivity contribution in [2.75, 3.05) is 18.3 Å². The van der Waals surface area contributed by atoms with Crippen LogP contribution in [0.2, 0.25) is 0 Å². The van der Waals surface area contributed by atoms with Gasteiger partial charge in [0.25, 0.3) is 0 Å². The third-order valence-corrected chi connectivity index (χ3v) is 4.80. The maximum atomic E-state index is 12.9. The number of esters is 1. The molecule has 2 aromatic rings. The number of rotatable bonds is 5. The van der Waals surface area contributed by atoms with Gasteiger partial charge < -0.3 is 10.1 Å². The largest absolute Gasteiger partial charge is 0.465 e. The molecule has 23 heavy (non-hydrogen) atoms. The molecular weight excluding hydrogens is 321 g/mol. The van der Waals surface area contributed by atoms with Gasteiger partial charge in [-0.1, -0.05) is 12.1 Å². The minimum Gasteiger partial charge on any atom is -0.465 e. The lowest BCUT2D eigenvalue weighted by Gasteiger charge is -2.14. The molecule has 0 aliphatic carbocycles. The molecule has 122 valence electrons. The van der Waals surface area contributed by atoms with Gasteiger partial charge in [-0.05, 0) is 42.8 Å². The first-order valence-electron chi connectivity index (χ1n) is 6.75. The van der Waals surface area contributed by atoms with Crippen molar-refractivity contribution < 1.29 is 22.3 Å². The molecule has 0 spiro atoms. The smallest absolute Gasteiger partial charge is 0.339 e. The van der Waals surface area contributed by atoms with Crippen molar-refractivity contribution in [1.29, 1.82) is 0 Å². The predicted molar refractivity (Wildman–Crippen MR) is 84.6 cm³/mol. The average molecular weight is 337 g/mol. The molecule has 7 heteroatoms. The van der Waals surface area contributed by atoms with Crippen molar-refractivity contribution in [3.63, 3.8) is 0 Å². The second kappa shape index (κ2) is 6.78. The van der Waals surface area contributed by atoms with Crippen LogP contribution in [0.25, 0.3) is 0 Å². The molecular formula is C16H16FNO4S. The Kier molecular flexibility index (Phi) is 5.00. The number of ether oxygens (including phenoxy) is 1. The molecule has 0 bridgehead atoms. The Morgan fingerprint density at radius 2 is 1.83 bits per heavy atom. The minimum atomic E-state index is -3.67. The third kappa shape index (κ3) is 3.87. The number of carbonyl (C=O) groups is 1. The van der Waals surface area contributed by atoms with Crippen LogP contribution >= 0.6 is 0 Å². The summed E-state index contributed by atoms with van der Waals surface area (Å²) < 4.78 is 42.1. The molecule has 0 aromatic heterocycles. The molecule has 0 amide bonds. The Bertz CT molecular complexity index is 816. The quantitative estimate of drug-likeness (QED) is 0.671. The van der Waals surface area contributed by atoms with Crippen molar-refractivity contribution in [3.05, 3.63) is 59.4 Å². The van der Waals surface area contributed by atoms with Gasteiger partial charge in [0.1, 0.15) is 11.7 Å². The van der Waals surface area contributed by atoms with Gasteiger partial charge in [-0.25, -0.2) is 17.6 Å². The summed E-state index contributed by atoms with van der Waals surface area (Å²) in [5.41, 5.74) is 1.36. The number of sulfone groups is 1. The Morgan fingerprint density at radius 3 is 2.43 bits per heavy atom. The lowest BCUT2D eigenvalue weighted by atomic mass is 10.1. The SMILES string of the molecule is COC(=O)c1cccc(C)c1NCS(=O)(=O)c1ccc(F)cc1. The highest BCUT2D eigenvalue weighted by atomic mass is 32.2. The Balaban J connectivity index is 2.27. The summed E-state index contributed by atoms with van der Waals surface area (Å²) in [6.45, 7) is 1.75. The van der Waals surface area contributed by atoms with Crippen molar-refractivity contribution in [3.8, 4) is 0 Å². The van der Waals surface area contributed by atoms with Gasteiger partial charge in [-0.3, -0.25) is 0 Å². The van der Waals surface area contributed by atoms with Crippen LogP contribution < -0.4 is 5.32 Å². The molecule has 2 aromatic carbocycles. The Hall–Kier alpha value is -2.41. The second-order valence-corrected chi connectivity index (χ2v) is 6.87. The zero-order valence-corrected chi connectivity index (χ0v) is 13.5. The number of anilines is 1. The number of nitrogens with one attached hydrogen (secondary N) is 1. The van der Waals surface area contributed by atoms with Gasteiger partial charge in [0.2, 0.25) is 0 Å². The normalized spacial score (nSPS) is 11.1. The van der Waals surface area contributed by atoms with Crippen LogP contribution in [0.3, 0.4) is 0 Å². The number of halogens is 1. The summed E-state index contributed by atoms with van der Waals surface area (Å²) in [6, 6.07) is 9.55. The molecule has 0 aliphatic rings. The maximum Gasteiger partial charge on any atom is 0.339 e. The van der Waals surface area contributed by atoms with Crippen LogP contribution in [0.5, 0.6) is 0 Å². The number of para-hydroxylation sites is 1. The average Bonchev–Trinajstić information content (AvgIpc) is 2.53. The first-order valence-corrected chi connectivity index (χ1v) is 8.40. The van der Waals surface area contributed by atoms with Crippen LogP contribution in [-0.4, -0.2) is 27.4 Å². The summed E-state index contributed by atoms with van der Waals surface area (Å²) in [7, 11) is -2.42. The zero-order valence-electron chi connectivity index (χ0n) is 12.7. The van der Waals surface area contributed by atoms with Gasteiger partial charge in [0, 0.05) is 0 Å². The zero-order chi connectivity index (χ0) is 17.0. The highest BCUT2D eigenvalue weighted by molar-refractivity contribution is 7.91. The highest BCUT2D eigenvalue weighted by Crippen LogP contribution is 2.22. The number of aryl methyl sites for hydroxylation is 1. The summed E-state index contributed by atoms with van der Waals surface area (Å²) in [5.74, 6) is -1.49. The van der Waals surface area contributed by atoms with Crippen LogP contribution in [-0.2, 0) is 14.6 Å². The molecule has 0 saturated heterocycles. The fraction of sp³-hybridized carbons (Fsp3) is 0.188. The second-order valence-electron chi connectivity index (χ2n) is 4.88. The summed E-state index contributed by atoms with van der Waals surface area (Å²) in [5, 5.41) is 2.77. The standard InChI is InChI=1S/C16H16FNO4S/c1-11-4-3-5-14(16(19)22-2)15(11)18-10-23(20,21)13-8-6-12(17)7-9-13/h3-9,18H,10H2,1-2H3. The van der Waals surface area contributed by atoms with E-state index in [1.165, 1.54) is 19.2 Å². The van der Waals surface area contributed by atoms with E-state index in [1.54, 1.807) is 25.1 Å². The molecule has 0 aliphatic heterocycles. The molecule has 0 atom stereocenters. The fourth-order valence-corrected chi connectivity index (χ4v) is 3.13. The minimum absolute atomic E-state index is 0.000368. The highest BCUT2D eigenvalue weighted by Gasteiger charge is 2.18. The topological polar surface area (TPSA) is 72.5 Å². The fourth-order valence-electron chi connectivity index (χ4n) is 2.07. The van der Waals surface area contributed by atoms with Gasteiger partial charge in [0.05, 0.1) is 23.3 Å². The lowest BCUT2D eigenvalue weighted by Crippen LogP contribution is -2.17. The van der Waals surface area contributed by atoms with E-state index in [2.05, 4.69) is 5.32 Å². The van der Waals surface area contributed by atoms with E-state index >= 15 is 0 Å². The van der Waals surface area contributed by atoms with Crippen molar-refractivity contribution >= 4 is 21.5 Å². The van der Waals surface area contributed by atoms with Gasteiger partial charge in [-0.15, -0.1) is 0 Å². The number of hydrogen-bond acceptors (Lipinski definition) is 5. The van der Waals surface area contributed by atoms with Crippen LogP contribution in [0.1, 0.15) is 15.9 Å². The van der Waals surface area contributed by atoms with Crippen molar-refractivity contribution in [1.82, 2.24) is 0 Å². The molecule has 0 heterocycles. The Morgan fingerprint density at radius 1 is 1.17 bits per heavy atom. The molecule has 0 saturated carbocycles. The van der Waals surface area contributed by atoms with E-state index in [4.69, 9.17) is 4.74 Å². The Labute approximate surface area is 134 Å². The maximum absolute atomic E-state index is 12.9. The summed E-state index contributed by atoms with van der Waals surface area (Å²) in [4.78, 5) is 11.8. The summed E-state index contributed by atoms with van der Waals surface area (Å²) >= 11 is 0. The monoisotopic (exact) mass is 337 g/mol. The number of methoxy groups -OCH3 is 1. The van der Waals surface area contributed by atoms with Crippen molar-refractivity contribution in [2.24, 2.45) is 0 Å². The van der Waals surface area contributed by atoms with Crippen LogP contribution in [0.15, 0.2) is 47.4 Å². The van der Waals surface area contributed by atoms with E-state index < -0.39 is 27.5 Å². The molecule has 2 rings (SSSR count). The van der Waals surface area contributed by atoms with Gasteiger partial charge in [-0.2, -0.15) is 0 Å². The molecule has 0 unspecified atom stereocenters. The van der Waals surface area contributed by atoms with Gasteiger partial charge in [0.15, 0.2) is 9.84 Å². The van der Waals surface area contributed by atoms with E-state index in [1.807, 2.05) is 0 Å². The molecule has 0 fully saturated rings. The number of hydrogen-bond donors (Lipinski definition) is 1. The van der Waals surface area contributed by atoms with E-state index in [0.717, 1.165) is 12.1 Å². The van der Waals surface area contributed by atoms with Gasteiger partial charge >= 0.3 is 5.97 Å². The number of carbonyl (C=O) groups excluding carboxylic acids is 1. The third-order valence-electron chi connectivity index (χ3n) is 3.29. The molecule has 0 radical (unpaired) electrons. The predicted octanol–water partition coefficient (Wildman–Crippen LogP) is 2.76. The van der Waals surface area contributed by atoms with Crippen LogP contribution in [0.4, 0.5) is 10.1 Å². The molecule has 5 nitrogen and oxygen atoms in total. The van der Waals surface area contributed by atoms with E-state index in [0.29, 0.717) is 11.3 Å². The van der Waals surface area contributed by atoms with E-state index in [9.17, 15) is 17.6 Å². The first-order chi connectivity index (χ1) is 10.8. The van der Waals surface area contributed by atoms with Crippen LogP contribution in [0, 0.1) is 12.7 Å². The van der Waals surface area contributed by atoms with Crippen molar-refractivity contribution in [2.45, 2.75) is 11.8 Å². The lowest BCUT2D eigenvalue weighted by molar-refractivity contribution is 0.0601. The number of benzene rings is 2. The van der Waals surface area contributed by atoms with E-state index in [-0.39, 0.29) is 10.5 Å². The molecule has 1 N–H and O–H groups in total. The summed E-state index contributed by atoms with van der Waals surface area (Å²) in [6.07, 6.45) is 0. The first kappa shape index (κ1) is 17.0.